The van der Waals surface area contributed by atoms with Gasteiger partial charge in [-0.3, -0.25) is 9.78 Å². The number of nitrogens with two attached hydrogens (primary N) is 1. The van der Waals surface area contributed by atoms with Gasteiger partial charge < -0.3 is 5.73 Å². The van der Waals surface area contributed by atoms with Crippen molar-refractivity contribution in [2.75, 3.05) is 5.73 Å². The van der Waals surface area contributed by atoms with Crippen LogP contribution in [0.15, 0.2) is 54.7 Å². The molecular weight excluding hydrogens is 248 g/mol. The van der Waals surface area contributed by atoms with Gasteiger partial charge in [0.2, 0.25) is 0 Å². The zero-order valence-corrected chi connectivity index (χ0v) is 11.1. The molecule has 0 aliphatic heterocycles. The minimum Gasteiger partial charge on any atom is -0.398 e. The number of anilines is 1. The number of hydrogen-bond donors (Lipinski definition) is 1. The van der Waals surface area contributed by atoms with Crippen LogP contribution in [-0.4, -0.2) is 10.8 Å². The Kier molecular flexibility index (Phi) is 2.95. The Morgan fingerprint density at radius 2 is 1.95 bits per heavy atom. The van der Waals surface area contributed by atoms with Gasteiger partial charge in [0, 0.05) is 28.4 Å². The SMILES string of the molecule is Cc1c(N)cccc1C(=O)c1ccc2ncccc2c1. The van der Waals surface area contributed by atoms with Crippen molar-refractivity contribution in [1.29, 1.82) is 0 Å². The van der Waals surface area contributed by atoms with Crippen LogP contribution in [0.1, 0.15) is 21.5 Å². The van der Waals surface area contributed by atoms with E-state index in [0.717, 1.165) is 16.5 Å². The molecular formula is C17H14N2O. The van der Waals surface area contributed by atoms with E-state index in [0.29, 0.717) is 16.8 Å². The van der Waals surface area contributed by atoms with Crippen molar-refractivity contribution in [3.63, 3.8) is 0 Å². The third-order valence-corrected chi connectivity index (χ3v) is 3.49. The van der Waals surface area contributed by atoms with E-state index >= 15 is 0 Å². The van der Waals surface area contributed by atoms with Crippen molar-refractivity contribution in [3.8, 4) is 0 Å². The van der Waals surface area contributed by atoms with E-state index in [1.165, 1.54) is 0 Å². The van der Waals surface area contributed by atoms with Crippen LogP contribution in [0, 0.1) is 6.92 Å². The second-order valence-electron chi connectivity index (χ2n) is 4.76. The largest absolute Gasteiger partial charge is 0.398 e. The first kappa shape index (κ1) is 12.4. The number of hydrogen-bond acceptors (Lipinski definition) is 3. The quantitative estimate of drug-likeness (QED) is 0.569. The summed E-state index contributed by atoms with van der Waals surface area (Å²) < 4.78 is 0. The van der Waals surface area contributed by atoms with E-state index in [-0.39, 0.29) is 5.78 Å². The molecule has 1 heterocycles. The molecule has 1 aromatic heterocycles. The van der Waals surface area contributed by atoms with Gasteiger partial charge in [0.25, 0.3) is 0 Å². The van der Waals surface area contributed by atoms with Gasteiger partial charge in [-0.25, -0.2) is 0 Å². The zero-order valence-electron chi connectivity index (χ0n) is 11.1. The maximum Gasteiger partial charge on any atom is 0.193 e. The van der Waals surface area contributed by atoms with Crippen molar-refractivity contribution in [2.45, 2.75) is 6.92 Å². The van der Waals surface area contributed by atoms with Gasteiger partial charge in [-0.15, -0.1) is 0 Å². The van der Waals surface area contributed by atoms with Crippen LogP contribution < -0.4 is 5.73 Å². The average Bonchev–Trinajstić information content (AvgIpc) is 2.49. The van der Waals surface area contributed by atoms with Gasteiger partial charge >= 0.3 is 0 Å². The van der Waals surface area contributed by atoms with Crippen LogP contribution in [0.5, 0.6) is 0 Å². The molecule has 98 valence electrons. The summed E-state index contributed by atoms with van der Waals surface area (Å²) in [5, 5.41) is 0.958. The highest BCUT2D eigenvalue weighted by Gasteiger charge is 2.13. The van der Waals surface area contributed by atoms with Crippen molar-refractivity contribution < 1.29 is 4.79 Å². The summed E-state index contributed by atoms with van der Waals surface area (Å²) in [7, 11) is 0. The molecule has 3 rings (SSSR count). The van der Waals surface area contributed by atoms with E-state index in [9.17, 15) is 4.79 Å². The zero-order chi connectivity index (χ0) is 14.1. The molecule has 0 radical (unpaired) electrons. The van der Waals surface area contributed by atoms with Crippen molar-refractivity contribution in [2.24, 2.45) is 0 Å². The smallest absolute Gasteiger partial charge is 0.193 e. The van der Waals surface area contributed by atoms with E-state index in [2.05, 4.69) is 4.98 Å². The molecule has 0 saturated heterocycles. The molecule has 0 amide bonds. The minimum absolute atomic E-state index is 0.0134. The number of carbonyl (C=O) groups is 1. The molecule has 0 aliphatic rings. The van der Waals surface area contributed by atoms with Crippen molar-refractivity contribution in [3.05, 3.63) is 71.4 Å². The fourth-order valence-electron chi connectivity index (χ4n) is 2.27. The lowest BCUT2D eigenvalue weighted by atomic mass is 9.97. The molecule has 0 unspecified atom stereocenters. The molecule has 2 N–H and O–H groups in total. The van der Waals surface area contributed by atoms with E-state index in [4.69, 9.17) is 5.73 Å². The van der Waals surface area contributed by atoms with Crippen LogP contribution in [0.2, 0.25) is 0 Å². The third kappa shape index (κ3) is 2.03. The number of pyridine rings is 1. The number of fused-ring (bicyclic) bond motifs is 1. The summed E-state index contributed by atoms with van der Waals surface area (Å²) in [5.74, 6) is -0.0134. The Morgan fingerprint density at radius 3 is 2.80 bits per heavy atom. The number of benzene rings is 2. The van der Waals surface area contributed by atoms with E-state index in [1.807, 2.05) is 37.3 Å². The molecule has 3 nitrogen and oxygen atoms in total. The molecule has 0 spiro atoms. The summed E-state index contributed by atoms with van der Waals surface area (Å²) in [4.78, 5) is 16.8. The molecule has 0 aliphatic carbocycles. The van der Waals surface area contributed by atoms with Crippen LogP contribution >= 0.6 is 0 Å². The fraction of sp³-hybridized carbons (Fsp3) is 0.0588. The lowest BCUT2D eigenvalue weighted by Crippen LogP contribution is -2.05. The Bertz CT molecular complexity index is 809. The molecule has 20 heavy (non-hydrogen) atoms. The Hall–Kier alpha value is -2.68. The normalized spacial score (nSPS) is 10.7. The first-order valence-corrected chi connectivity index (χ1v) is 6.41. The first-order chi connectivity index (χ1) is 9.66. The lowest BCUT2D eigenvalue weighted by Gasteiger charge is -2.08. The van der Waals surface area contributed by atoms with Crippen LogP contribution in [0.3, 0.4) is 0 Å². The van der Waals surface area contributed by atoms with Gasteiger partial charge in [-0.2, -0.15) is 0 Å². The summed E-state index contributed by atoms with van der Waals surface area (Å²) in [6.07, 6.45) is 1.74. The van der Waals surface area contributed by atoms with E-state index < -0.39 is 0 Å². The van der Waals surface area contributed by atoms with Gasteiger partial charge in [-0.1, -0.05) is 18.2 Å². The molecule has 3 heteroatoms. The van der Waals surface area contributed by atoms with Crippen LogP contribution in [-0.2, 0) is 0 Å². The Labute approximate surface area is 117 Å². The number of nitrogens with zero attached hydrogens (tertiary/aromatic N) is 1. The minimum atomic E-state index is -0.0134. The maximum atomic E-state index is 12.6. The van der Waals surface area contributed by atoms with Gasteiger partial charge in [0.15, 0.2) is 5.78 Å². The average molecular weight is 262 g/mol. The summed E-state index contributed by atoms with van der Waals surface area (Å²) in [6.45, 7) is 1.87. The first-order valence-electron chi connectivity index (χ1n) is 6.41. The molecule has 0 fully saturated rings. The predicted molar refractivity (Wildman–Crippen MR) is 80.8 cm³/mol. The molecule has 0 bridgehead atoms. The number of ketones is 1. The molecule has 2 aromatic carbocycles. The summed E-state index contributed by atoms with van der Waals surface area (Å²) in [6, 6.07) is 14.8. The van der Waals surface area contributed by atoms with E-state index in [1.54, 1.807) is 24.4 Å². The number of nitrogen functional groups attached to an aromatic ring is 1. The highest BCUT2D eigenvalue weighted by Crippen LogP contribution is 2.21. The third-order valence-electron chi connectivity index (χ3n) is 3.49. The second-order valence-corrected chi connectivity index (χ2v) is 4.76. The van der Waals surface area contributed by atoms with Crippen LogP contribution in [0.4, 0.5) is 5.69 Å². The Morgan fingerprint density at radius 1 is 1.10 bits per heavy atom. The highest BCUT2D eigenvalue weighted by molar-refractivity contribution is 6.11. The fourth-order valence-corrected chi connectivity index (χ4v) is 2.27. The lowest BCUT2D eigenvalue weighted by molar-refractivity contribution is 0.103. The van der Waals surface area contributed by atoms with Gasteiger partial charge in [0.1, 0.15) is 0 Å². The predicted octanol–water partition coefficient (Wildman–Crippen LogP) is 3.36. The monoisotopic (exact) mass is 262 g/mol. The summed E-state index contributed by atoms with van der Waals surface area (Å²) in [5.41, 5.74) is 9.51. The molecule has 3 aromatic rings. The molecule has 0 saturated carbocycles. The number of rotatable bonds is 2. The second kappa shape index (κ2) is 4.78. The summed E-state index contributed by atoms with van der Waals surface area (Å²) >= 11 is 0. The van der Waals surface area contributed by atoms with Crippen LogP contribution in [0.25, 0.3) is 10.9 Å². The standard InChI is InChI=1S/C17H14N2O/c1-11-14(5-2-6-15(11)18)17(20)13-7-8-16-12(10-13)4-3-9-19-16/h2-10H,18H2,1H3. The molecule has 0 atom stereocenters. The van der Waals surface area contributed by atoms with Crippen molar-refractivity contribution in [1.82, 2.24) is 4.98 Å². The number of aromatic nitrogens is 1. The maximum absolute atomic E-state index is 12.6. The van der Waals surface area contributed by atoms with Gasteiger partial charge in [0.05, 0.1) is 5.52 Å². The van der Waals surface area contributed by atoms with Crippen molar-refractivity contribution >= 4 is 22.4 Å². The van der Waals surface area contributed by atoms with Gasteiger partial charge in [-0.05, 0) is 42.8 Å². The highest BCUT2D eigenvalue weighted by atomic mass is 16.1. The topological polar surface area (TPSA) is 56.0 Å². The Balaban J connectivity index is 2.10. The number of carbonyl (C=O) groups excluding carboxylic acids is 1.